The summed E-state index contributed by atoms with van der Waals surface area (Å²) in [5.74, 6) is -0.0734. The van der Waals surface area contributed by atoms with Crippen LogP contribution in [0.3, 0.4) is 0 Å². The number of carbonyl (C=O) groups is 1. The largest absolute Gasteiger partial charge is 0.367 e. The van der Waals surface area contributed by atoms with Gasteiger partial charge in [0.05, 0.1) is 11.7 Å². The van der Waals surface area contributed by atoms with Crippen LogP contribution in [0.1, 0.15) is 6.92 Å². The molecule has 0 radical (unpaired) electrons. The number of hydrogen-bond donors (Lipinski definition) is 2. The van der Waals surface area contributed by atoms with Crippen molar-refractivity contribution in [3.63, 3.8) is 0 Å². The molecule has 1 aliphatic rings. The van der Waals surface area contributed by atoms with E-state index in [1.54, 1.807) is 30.0 Å². The van der Waals surface area contributed by atoms with Gasteiger partial charge >= 0.3 is 0 Å². The lowest BCUT2D eigenvalue weighted by atomic mass is 10.2. The van der Waals surface area contributed by atoms with Gasteiger partial charge in [0.15, 0.2) is 0 Å². The van der Waals surface area contributed by atoms with Crippen molar-refractivity contribution >= 4 is 21.6 Å². The first kappa shape index (κ1) is 16.7. The summed E-state index contributed by atoms with van der Waals surface area (Å²) >= 11 is 0. The van der Waals surface area contributed by atoms with Crippen LogP contribution in [0.25, 0.3) is 0 Å². The highest BCUT2D eigenvalue weighted by atomic mass is 32.2. The summed E-state index contributed by atoms with van der Waals surface area (Å²) in [6.45, 7) is 3.90. The molecule has 0 bridgehead atoms. The number of nitrogens with two attached hydrogens (primary N) is 1. The molecule has 0 aromatic heterocycles. The topological polar surface area (TPSA) is 95.7 Å². The highest BCUT2D eigenvalue weighted by Gasteiger charge is 2.26. The second kappa shape index (κ2) is 6.64. The Hall–Kier alpha value is -1.64. The lowest BCUT2D eigenvalue weighted by Gasteiger charge is -2.37. The van der Waals surface area contributed by atoms with Crippen molar-refractivity contribution < 1.29 is 13.2 Å². The summed E-state index contributed by atoms with van der Waals surface area (Å²) in [5.41, 5.74) is 6.28. The molecule has 7 nitrogen and oxygen atoms in total. The van der Waals surface area contributed by atoms with Gasteiger partial charge in [-0.3, -0.25) is 4.79 Å². The number of para-hydroxylation sites is 1. The molecule has 1 atom stereocenters. The lowest BCUT2D eigenvalue weighted by Crippen LogP contribution is -2.52. The third kappa shape index (κ3) is 3.40. The molecule has 1 aromatic carbocycles. The van der Waals surface area contributed by atoms with Crippen LogP contribution in [-0.2, 0) is 14.8 Å². The van der Waals surface area contributed by atoms with E-state index in [-0.39, 0.29) is 10.8 Å². The Morgan fingerprint density at radius 3 is 2.36 bits per heavy atom. The van der Waals surface area contributed by atoms with E-state index in [0.29, 0.717) is 31.9 Å². The van der Waals surface area contributed by atoms with Gasteiger partial charge in [-0.25, -0.2) is 13.1 Å². The van der Waals surface area contributed by atoms with Crippen molar-refractivity contribution in [2.45, 2.75) is 17.9 Å². The average molecular weight is 326 g/mol. The van der Waals surface area contributed by atoms with Crippen molar-refractivity contribution in [3.8, 4) is 0 Å². The molecule has 3 N–H and O–H groups in total. The molecule has 8 heteroatoms. The van der Waals surface area contributed by atoms with Gasteiger partial charge < -0.3 is 15.5 Å². The molecule has 0 unspecified atom stereocenters. The molecule has 0 aliphatic carbocycles. The summed E-state index contributed by atoms with van der Waals surface area (Å²) in [5, 5.41) is 0. The Balaban J connectivity index is 2.18. The molecule has 2 rings (SSSR count). The maximum atomic E-state index is 12.1. The standard InChI is InChI=1S/C14H22N4O3S/c1-11(15)14(19)18-9-7-17(8-10-18)12-5-3-4-6-13(12)22(20,21)16-2/h3-6,11,16H,7-10,15H2,1-2H3/t11-/m1/s1. The zero-order valence-electron chi connectivity index (χ0n) is 12.8. The molecule has 1 aliphatic heterocycles. The van der Waals surface area contributed by atoms with Crippen LogP contribution in [0.2, 0.25) is 0 Å². The van der Waals surface area contributed by atoms with E-state index in [2.05, 4.69) is 4.72 Å². The number of benzene rings is 1. The maximum Gasteiger partial charge on any atom is 0.242 e. The van der Waals surface area contributed by atoms with E-state index >= 15 is 0 Å². The maximum absolute atomic E-state index is 12.1. The number of anilines is 1. The predicted molar refractivity (Wildman–Crippen MR) is 85.1 cm³/mol. The van der Waals surface area contributed by atoms with Crippen LogP contribution in [0.15, 0.2) is 29.2 Å². The number of nitrogens with one attached hydrogen (secondary N) is 1. The van der Waals surface area contributed by atoms with Gasteiger partial charge in [0.25, 0.3) is 0 Å². The Kier molecular flexibility index (Phi) is 5.05. The first-order chi connectivity index (χ1) is 10.4. The number of carbonyl (C=O) groups excluding carboxylic acids is 1. The van der Waals surface area contributed by atoms with Crippen molar-refractivity contribution in [3.05, 3.63) is 24.3 Å². The van der Waals surface area contributed by atoms with Crippen LogP contribution < -0.4 is 15.4 Å². The van der Waals surface area contributed by atoms with E-state index < -0.39 is 16.1 Å². The zero-order valence-corrected chi connectivity index (χ0v) is 13.6. The number of amides is 1. The van der Waals surface area contributed by atoms with Crippen molar-refractivity contribution in [2.24, 2.45) is 5.73 Å². The number of nitrogens with zero attached hydrogens (tertiary/aromatic N) is 2. The molecule has 1 fully saturated rings. The molecular formula is C14H22N4O3S. The van der Waals surface area contributed by atoms with E-state index in [4.69, 9.17) is 5.73 Å². The Morgan fingerprint density at radius 2 is 1.82 bits per heavy atom. The Morgan fingerprint density at radius 1 is 1.23 bits per heavy atom. The summed E-state index contributed by atoms with van der Waals surface area (Å²) in [7, 11) is -2.12. The van der Waals surface area contributed by atoms with Crippen LogP contribution >= 0.6 is 0 Å². The van der Waals surface area contributed by atoms with Crippen LogP contribution in [-0.4, -0.2) is 58.5 Å². The van der Waals surface area contributed by atoms with Crippen LogP contribution in [0.5, 0.6) is 0 Å². The third-order valence-electron chi connectivity index (χ3n) is 3.75. The molecule has 1 saturated heterocycles. The number of hydrogen-bond acceptors (Lipinski definition) is 5. The van der Waals surface area contributed by atoms with Crippen molar-refractivity contribution in [1.29, 1.82) is 0 Å². The van der Waals surface area contributed by atoms with E-state index in [1.807, 2.05) is 11.0 Å². The minimum atomic E-state index is -3.51. The molecule has 122 valence electrons. The summed E-state index contributed by atoms with van der Waals surface area (Å²) in [4.78, 5) is 15.8. The van der Waals surface area contributed by atoms with Crippen LogP contribution in [0.4, 0.5) is 5.69 Å². The first-order valence-electron chi connectivity index (χ1n) is 7.18. The number of rotatable bonds is 4. The van der Waals surface area contributed by atoms with E-state index in [9.17, 15) is 13.2 Å². The van der Waals surface area contributed by atoms with Gasteiger partial charge in [-0.05, 0) is 26.1 Å². The molecule has 0 saturated carbocycles. The minimum Gasteiger partial charge on any atom is -0.367 e. The highest BCUT2D eigenvalue weighted by molar-refractivity contribution is 7.89. The van der Waals surface area contributed by atoms with E-state index in [0.717, 1.165) is 0 Å². The van der Waals surface area contributed by atoms with E-state index in [1.165, 1.54) is 7.05 Å². The minimum absolute atomic E-state index is 0.0734. The molecule has 22 heavy (non-hydrogen) atoms. The summed E-state index contributed by atoms with van der Waals surface area (Å²) in [6.07, 6.45) is 0. The second-order valence-electron chi connectivity index (χ2n) is 5.28. The molecule has 1 heterocycles. The Bertz CT molecular complexity index is 637. The lowest BCUT2D eigenvalue weighted by molar-refractivity contribution is -0.132. The average Bonchev–Trinajstić information content (AvgIpc) is 2.54. The normalized spacial score (nSPS) is 17.4. The highest BCUT2D eigenvalue weighted by Crippen LogP contribution is 2.25. The molecular weight excluding hydrogens is 304 g/mol. The fourth-order valence-electron chi connectivity index (χ4n) is 2.51. The third-order valence-corrected chi connectivity index (χ3v) is 5.21. The predicted octanol–water partition coefficient (Wildman–Crippen LogP) is -0.409. The van der Waals surface area contributed by atoms with Crippen molar-refractivity contribution in [1.82, 2.24) is 9.62 Å². The van der Waals surface area contributed by atoms with Gasteiger partial charge in [-0.2, -0.15) is 0 Å². The van der Waals surface area contributed by atoms with Gasteiger partial charge in [-0.1, -0.05) is 12.1 Å². The number of sulfonamides is 1. The monoisotopic (exact) mass is 326 g/mol. The van der Waals surface area contributed by atoms with Gasteiger partial charge in [0.1, 0.15) is 4.90 Å². The van der Waals surface area contributed by atoms with Gasteiger partial charge in [0.2, 0.25) is 15.9 Å². The quantitative estimate of drug-likeness (QED) is 0.784. The molecule has 0 spiro atoms. The molecule has 1 aromatic rings. The fraction of sp³-hybridized carbons (Fsp3) is 0.500. The smallest absolute Gasteiger partial charge is 0.242 e. The summed E-state index contributed by atoms with van der Waals surface area (Å²) < 4.78 is 26.6. The first-order valence-corrected chi connectivity index (χ1v) is 8.67. The van der Waals surface area contributed by atoms with Crippen LogP contribution in [0, 0.1) is 0 Å². The second-order valence-corrected chi connectivity index (χ2v) is 7.13. The van der Waals surface area contributed by atoms with Gasteiger partial charge in [-0.15, -0.1) is 0 Å². The summed E-state index contributed by atoms with van der Waals surface area (Å²) in [6, 6.07) is 6.37. The zero-order chi connectivity index (χ0) is 16.3. The Labute approximate surface area is 131 Å². The fourth-order valence-corrected chi connectivity index (χ4v) is 3.46. The molecule has 1 amide bonds. The SMILES string of the molecule is CNS(=O)(=O)c1ccccc1N1CCN(C(=O)[C@@H](C)N)CC1. The van der Waals surface area contributed by atoms with Crippen molar-refractivity contribution in [2.75, 3.05) is 38.1 Å². The van der Waals surface area contributed by atoms with Gasteiger partial charge in [0, 0.05) is 26.2 Å². The number of piperazine rings is 1.